The lowest BCUT2D eigenvalue weighted by atomic mass is 10.2. The second kappa shape index (κ2) is 6.03. The molecule has 0 bridgehead atoms. The van der Waals surface area contributed by atoms with Crippen LogP contribution in [-0.4, -0.2) is 23.3 Å². The van der Waals surface area contributed by atoms with Gasteiger partial charge < -0.3 is 10.3 Å². The second-order valence-electron chi connectivity index (χ2n) is 2.78. The van der Waals surface area contributed by atoms with Crippen LogP contribution in [0, 0.1) is 0 Å². The minimum atomic E-state index is -0.231. The number of aromatic nitrogens is 1. The molecule has 80 valence electrons. The molecule has 0 aliphatic carbocycles. The van der Waals surface area contributed by atoms with Crippen molar-refractivity contribution in [3.8, 4) is 0 Å². The van der Waals surface area contributed by atoms with E-state index in [1.807, 2.05) is 0 Å². The van der Waals surface area contributed by atoms with Crippen LogP contribution in [0.2, 0.25) is 0 Å². The van der Waals surface area contributed by atoms with Crippen LogP contribution in [0.3, 0.4) is 0 Å². The molecule has 0 atom stereocenters. The summed E-state index contributed by atoms with van der Waals surface area (Å²) in [5, 5.41) is 2.65. The first-order valence-electron chi connectivity index (χ1n) is 4.42. The summed E-state index contributed by atoms with van der Waals surface area (Å²) >= 11 is 5.41. The van der Waals surface area contributed by atoms with E-state index in [2.05, 4.69) is 10.3 Å². The highest BCUT2D eigenvalue weighted by Gasteiger charge is 2.02. The number of hydrogen-bond acceptors (Lipinski definition) is 2. The number of nitrogens with one attached hydrogen (secondary N) is 2. The molecule has 0 saturated heterocycles. The predicted molar refractivity (Wildman–Crippen MR) is 59.3 cm³/mol. The zero-order chi connectivity index (χ0) is 11.1. The summed E-state index contributed by atoms with van der Waals surface area (Å²) in [4.78, 5) is 24.6. The summed E-state index contributed by atoms with van der Waals surface area (Å²) in [6.45, 7) is 0.421. The minimum absolute atomic E-state index is 0.228. The Hall–Kier alpha value is -1.55. The van der Waals surface area contributed by atoms with Crippen molar-refractivity contribution in [1.82, 2.24) is 10.3 Å². The van der Waals surface area contributed by atoms with Crippen LogP contribution in [0.15, 0.2) is 35.3 Å². The summed E-state index contributed by atoms with van der Waals surface area (Å²) in [6, 6.07) is 2.78. The Morgan fingerprint density at radius 1 is 1.47 bits per heavy atom. The van der Waals surface area contributed by atoms with Crippen molar-refractivity contribution in [3.63, 3.8) is 0 Å². The number of halogens is 1. The van der Waals surface area contributed by atoms with E-state index in [0.29, 0.717) is 18.0 Å². The first-order valence-corrected chi connectivity index (χ1v) is 4.95. The molecule has 0 radical (unpaired) electrons. The fraction of sp³-hybridized carbons (Fsp3) is 0.200. The first kappa shape index (κ1) is 11.5. The van der Waals surface area contributed by atoms with E-state index in [-0.39, 0.29) is 11.5 Å². The highest BCUT2D eigenvalue weighted by atomic mass is 35.5. The summed E-state index contributed by atoms with van der Waals surface area (Å²) in [5.74, 6) is 0.194. The number of hydrogen-bond donors (Lipinski definition) is 2. The van der Waals surface area contributed by atoms with Gasteiger partial charge in [0, 0.05) is 24.7 Å². The van der Waals surface area contributed by atoms with Crippen LogP contribution >= 0.6 is 11.6 Å². The molecule has 2 N–H and O–H groups in total. The minimum Gasteiger partial charge on any atom is -0.349 e. The maximum absolute atomic E-state index is 11.4. The van der Waals surface area contributed by atoms with E-state index >= 15 is 0 Å². The Bertz CT molecular complexity index is 392. The maximum Gasteiger partial charge on any atom is 0.253 e. The van der Waals surface area contributed by atoms with Gasteiger partial charge in [0.05, 0.1) is 5.56 Å². The van der Waals surface area contributed by atoms with Gasteiger partial charge in [0.15, 0.2) is 0 Å². The van der Waals surface area contributed by atoms with Crippen LogP contribution in [0.5, 0.6) is 0 Å². The molecule has 1 aromatic rings. The highest BCUT2D eigenvalue weighted by molar-refractivity contribution is 6.18. The molecular weight excluding hydrogens is 216 g/mol. The predicted octanol–water partition coefficient (Wildman–Crippen LogP) is 0.900. The molecule has 0 aliphatic rings. The SMILES string of the molecule is O=C(NC/C=C/CCl)c1ccc(=O)[nH]c1. The van der Waals surface area contributed by atoms with Gasteiger partial charge in [-0.2, -0.15) is 0 Å². The largest absolute Gasteiger partial charge is 0.349 e. The molecular formula is C10H11ClN2O2. The average Bonchev–Trinajstić information content (AvgIpc) is 2.25. The number of alkyl halides is 1. The van der Waals surface area contributed by atoms with E-state index < -0.39 is 0 Å². The van der Waals surface area contributed by atoms with Gasteiger partial charge in [-0.15, -0.1) is 11.6 Å². The molecule has 1 heterocycles. The molecule has 5 heteroatoms. The molecule has 0 aromatic carbocycles. The number of rotatable bonds is 4. The quantitative estimate of drug-likeness (QED) is 0.592. The Balaban J connectivity index is 2.50. The molecule has 0 unspecified atom stereocenters. The Morgan fingerprint density at radius 3 is 2.87 bits per heavy atom. The molecule has 0 fully saturated rings. The van der Waals surface area contributed by atoms with E-state index in [1.54, 1.807) is 12.2 Å². The fourth-order valence-corrected chi connectivity index (χ4v) is 1.08. The van der Waals surface area contributed by atoms with Gasteiger partial charge in [-0.05, 0) is 6.07 Å². The number of carbonyl (C=O) groups is 1. The van der Waals surface area contributed by atoms with Gasteiger partial charge in [0.1, 0.15) is 0 Å². The maximum atomic E-state index is 11.4. The van der Waals surface area contributed by atoms with Crippen molar-refractivity contribution in [2.24, 2.45) is 0 Å². The number of aromatic amines is 1. The van der Waals surface area contributed by atoms with Crippen molar-refractivity contribution in [2.45, 2.75) is 0 Å². The van der Waals surface area contributed by atoms with Crippen LogP contribution in [0.25, 0.3) is 0 Å². The van der Waals surface area contributed by atoms with Gasteiger partial charge >= 0.3 is 0 Å². The van der Waals surface area contributed by atoms with Crippen molar-refractivity contribution in [3.05, 3.63) is 46.4 Å². The zero-order valence-electron chi connectivity index (χ0n) is 8.00. The third-order valence-electron chi connectivity index (χ3n) is 1.68. The lowest BCUT2D eigenvalue weighted by Gasteiger charge is -2.00. The number of carbonyl (C=O) groups excluding carboxylic acids is 1. The Kier molecular flexibility index (Phi) is 4.63. The van der Waals surface area contributed by atoms with E-state index in [0.717, 1.165) is 0 Å². The van der Waals surface area contributed by atoms with Crippen molar-refractivity contribution in [2.75, 3.05) is 12.4 Å². The molecule has 0 spiro atoms. The lowest BCUT2D eigenvalue weighted by molar-refractivity contribution is 0.0957. The standard InChI is InChI=1S/C10H11ClN2O2/c11-5-1-2-6-12-10(15)8-3-4-9(14)13-7-8/h1-4,7H,5-6H2,(H,12,15)(H,13,14)/b2-1+. The van der Waals surface area contributed by atoms with E-state index in [1.165, 1.54) is 18.3 Å². The van der Waals surface area contributed by atoms with Gasteiger partial charge in [-0.1, -0.05) is 12.2 Å². The normalized spacial score (nSPS) is 10.5. The summed E-state index contributed by atoms with van der Waals surface area (Å²) in [6.07, 6.45) is 4.88. The van der Waals surface area contributed by atoms with Crippen molar-refractivity contribution >= 4 is 17.5 Å². The van der Waals surface area contributed by atoms with E-state index in [9.17, 15) is 9.59 Å². The topological polar surface area (TPSA) is 62.0 Å². The molecule has 15 heavy (non-hydrogen) atoms. The molecule has 1 aromatic heterocycles. The molecule has 4 nitrogen and oxygen atoms in total. The van der Waals surface area contributed by atoms with Crippen LogP contribution in [0.1, 0.15) is 10.4 Å². The van der Waals surface area contributed by atoms with Crippen molar-refractivity contribution in [1.29, 1.82) is 0 Å². The average molecular weight is 227 g/mol. The number of H-pyrrole nitrogens is 1. The van der Waals surface area contributed by atoms with Gasteiger partial charge in [-0.3, -0.25) is 9.59 Å². The Morgan fingerprint density at radius 2 is 2.27 bits per heavy atom. The summed E-state index contributed by atoms with van der Waals surface area (Å²) in [5.41, 5.74) is 0.197. The van der Waals surface area contributed by atoms with Gasteiger partial charge in [-0.25, -0.2) is 0 Å². The number of allylic oxidation sites excluding steroid dienone is 1. The molecule has 0 saturated carbocycles. The van der Waals surface area contributed by atoms with Gasteiger partial charge in [0.2, 0.25) is 5.56 Å². The smallest absolute Gasteiger partial charge is 0.253 e. The summed E-state index contributed by atoms with van der Waals surface area (Å²) in [7, 11) is 0. The monoisotopic (exact) mass is 226 g/mol. The third kappa shape index (κ3) is 3.99. The fourth-order valence-electron chi connectivity index (χ4n) is 0.952. The summed E-state index contributed by atoms with van der Waals surface area (Å²) < 4.78 is 0. The van der Waals surface area contributed by atoms with Crippen LogP contribution in [-0.2, 0) is 0 Å². The number of amides is 1. The van der Waals surface area contributed by atoms with Crippen LogP contribution < -0.4 is 10.9 Å². The van der Waals surface area contributed by atoms with E-state index in [4.69, 9.17) is 11.6 Å². The molecule has 1 rings (SSSR count). The number of pyridine rings is 1. The zero-order valence-corrected chi connectivity index (χ0v) is 8.75. The molecule has 0 aliphatic heterocycles. The van der Waals surface area contributed by atoms with Crippen molar-refractivity contribution < 1.29 is 4.79 Å². The lowest BCUT2D eigenvalue weighted by Crippen LogP contribution is -2.24. The third-order valence-corrected chi connectivity index (χ3v) is 1.86. The highest BCUT2D eigenvalue weighted by Crippen LogP contribution is 1.92. The second-order valence-corrected chi connectivity index (χ2v) is 3.09. The Labute approximate surface area is 92.0 Å². The molecule has 1 amide bonds. The van der Waals surface area contributed by atoms with Crippen LogP contribution in [0.4, 0.5) is 0 Å². The van der Waals surface area contributed by atoms with Gasteiger partial charge in [0.25, 0.3) is 5.91 Å². The first-order chi connectivity index (χ1) is 7.24.